The van der Waals surface area contributed by atoms with Crippen LogP contribution in [0.2, 0.25) is 0 Å². The van der Waals surface area contributed by atoms with Crippen LogP contribution in [0.1, 0.15) is 117 Å². The predicted molar refractivity (Wildman–Crippen MR) is 172 cm³/mol. The van der Waals surface area contributed by atoms with Crippen LogP contribution in [0.3, 0.4) is 0 Å². The minimum atomic E-state index is -0.140. The van der Waals surface area contributed by atoms with E-state index in [-0.39, 0.29) is 25.2 Å². The largest absolute Gasteiger partial charge is 0.463 e. The molecule has 0 aliphatic rings. The third kappa shape index (κ3) is 36.9. The molecule has 0 aromatic heterocycles. The summed E-state index contributed by atoms with van der Waals surface area (Å²) >= 11 is 0. The van der Waals surface area contributed by atoms with Crippen LogP contribution < -0.4 is 0 Å². The van der Waals surface area contributed by atoms with E-state index in [2.05, 4.69) is 13.8 Å². The fourth-order valence-corrected chi connectivity index (χ4v) is 4.23. The number of hydrogen-bond acceptors (Lipinski definition) is 10. The number of rotatable bonds is 37. The normalized spacial score (nSPS) is 11.2. The summed E-state index contributed by atoms with van der Waals surface area (Å²) in [7, 11) is 0. The minimum absolute atomic E-state index is 0.140. The van der Waals surface area contributed by atoms with E-state index in [1.54, 1.807) is 0 Å². The standard InChI is InChI=1S/C34H66O10/c1-3-5-7-9-11-13-15-17-33(35)43-31-29-41-27-25-39-23-21-37-19-20-38-22-24-40-26-28-42-30-32-44-34(36)18-16-14-12-10-8-6-4-2/h3-32H2,1-2H3. The first-order valence-corrected chi connectivity index (χ1v) is 17.5. The molecule has 262 valence electrons. The maximum Gasteiger partial charge on any atom is 0.305 e. The minimum Gasteiger partial charge on any atom is -0.463 e. The number of ether oxygens (including phenoxy) is 8. The van der Waals surface area contributed by atoms with Gasteiger partial charge in [0.15, 0.2) is 0 Å². The monoisotopic (exact) mass is 634 g/mol. The fraction of sp³-hybridized carbons (Fsp3) is 0.941. The number of hydrogen-bond donors (Lipinski definition) is 0. The van der Waals surface area contributed by atoms with E-state index < -0.39 is 0 Å². The Balaban J connectivity index is 3.16. The first-order chi connectivity index (χ1) is 21.7. The van der Waals surface area contributed by atoms with E-state index in [1.165, 1.54) is 64.2 Å². The first-order valence-electron chi connectivity index (χ1n) is 17.5. The van der Waals surface area contributed by atoms with Crippen molar-refractivity contribution in [2.75, 3.05) is 92.5 Å². The Bertz CT molecular complexity index is 540. The Morgan fingerprint density at radius 1 is 0.318 bits per heavy atom. The lowest BCUT2D eigenvalue weighted by Gasteiger charge is -2.09. The predicted octanol–water partition coefficient (Wildman–Crippen LogP) is 6.45. The van der Waals surface area contributed by atoms with Gasteiger partial charge in [-0.05, 0) is 12.8 Å². The van der Waals surface area contributed by atoms with E-state index in [1.807, 2.05) is 0 Å². The van der Waals surface area contributed by atoms with Gasteiger partial charge in [0, 0.05) is 12.8 Å². The zero-order valence-corrected chi connectivity index (χ0v) is 28.3. The fourth-order valence-electron chi connectivity index (χ4n) is 4.23. The van der Waals surface area contributed by atoms with Crippen molar-refractivity contribution in [3.8, 4) is 0 Å². The highest BCUT2D eigenvalue weighted by atomic mass is 16.6. The molecule has 0 saturated carbocycles. The Labute approximate surface area is 268 Å². The molecule has 0 heterocycles. The van der Waals surface area contributed by atoms with Crippen molar-refractivity contribution in [2.24, 2.45) is 0 Å². The number of carbonyl (C=O) groups is 2. The van der Waals surface area contributed by atoms with Crippen molar-refractivity contribution in [2.45, 2.75) is 117 Å². The average Bonchev–Trinajstić information content (AvgIpc) is 3.02. The summed E-state index contributed by atoms with van der Waals surface area (Å²) in [6.45, 7) is 10.5. The zero-order valence-electron chi connectivity index (χ0n) is 28.3. The summed E-state index contributed by atoms with van der Waals surface area (Å²) in [5, 5.41) is 0. The second-order valence-corrected chi connectivity index (χ2v) is 10.9. The molecule has 0 amide bonds. The van der Waals surface area contributed by atoms with Crippen molar-refractivity contribution < 1.29 is 47.5 Å². The molecule has 44 heavy (non-hydrogen) atoms. The van der Waals surface area contributed by atoms with Crippen LogP contribution in [0.25, 0.3) is 0 Å². The average molecular weight is 635 g/mol. The Morgan fingerprint density at radius 3 is 0.818 bits per heavy atom. The molecule has 0 aromatic carbocycles. The molecule has 0 radical (unpaired) electrons. The van der Waals surface area contributed by atoms with E-state index in [4.69, 9.17) is 37.9 Å². The lowest BCUT2D eigenvalue weighted by atomic mass is 10.1. The van der Waals surface area contributed by atoms with Gasteiger partial charge in [0.05, 0.1) is 79.3 Å². The molecule has 0 aromatic rings. The molecular weight excluding hydrogens is 568 g/mol. The Morgan fingerprint density at radius 2 is 0.545 bits per heavy atom. The lowest BCUT2D eigenvalue weighted by Crippen LogP contribution is -2.15. The second kappa shape index (κ2) is 37.9. The quantitative estimate of drug-likeness (QED) is 0.0559. The summed E-state index contributed by atoms with van der Waals surface area (Å²) in [5.41, 5.74) is 0. The molecule has 0 atom stereocenters. The molecule has 10 heteroatoms. The molecule has 0 saturated heterocycles. The van der Waals surface area contributed by atoms with Crippen LogP contribution >= 0.6 is 0 Å². The highest BCUT2D eigenvalue weighted by Crippen LogP contribution is 2.09. The van der Waals surface area contributed by atoms with Gasteiger partial charge in [-0.3, -0.25) is 9.59 Å². The third-order valence-corrected chi connectivity index (χ3v) is 6.81. The molecule has 10 nitrogen and oxygen atoms in total. The second-order valence-electron chi connectivity index (χ2n) is 10.9. The van der Waals surface area contributed by atoms with Crippen LogP contribution in [0.15, 0.2) is 0 Å². The molecule has 0 aliphatic heterocycles. The highest BCUT2D eigenvalue weighted by molar-refractivity contribution is 5.69. The van der Waals surface area contributed by atoms with Gasteiger partial charge in [0.25, 0.3) is 0 Å². The first kappa shape index (κ1) is 42.7. The lowest BCUT2D eigenvalue weighted by molar-refractivity contribution is -0.146. The molecule has 0 unspecified atom stereocenters. The maximum absolute atomic E-state index is 11.7. The zero-order chi connectivity index (χ0) is 32.0. The molecule has 0 bridgehead atoms. The van der Waals surface area contributed by atoms with E-state index in [0.717, 1.165) is 25.7 Å². The van der Waals surface area contributed by atoms with Gasteiger partial charge < -0.3 is 37.9 Å². The van der Waals surface area contributed by atoms with Crippen LogP contribution in [0.4, 0.5) is 0 Å². The summed E-state index contributed by atoms with van der Waals surface area (Å²) < 4.78 is 43.1. The van der Waals surface area contributed by atoms with Gasteiger partial charge in [-0.25, -0.2) is 0 Å². The highest BCUT2D eigenvalue weighted by Gasteiger charge is 2.04. The number of unbranched alkanes of at least 4 members (excludes halogenated alkanes) is 12. The van der Waals surface area contributed by atoms with Gasteiger partial charge in [-0.2, -0.15) is 0 Å². The van der Waals surface area contributed by atoms with E-state index >= 15 is 0 Å². The van der Waals surface area contributed by atoms with Crippen LogP contribution in [0.5, 0.6) is 0 Å². The maximum atomic E-state index is 11.7. The molecule has 0 aliphatic carbocycles. The summed E-state index contributed by atoms with van der Waals surface area (Å²) in [5.74, 6) is -0.281. The summed E-state index contributed by atoms with van der Waals surface area (Å²) in [4.78, 5) is 23.4. The smallest absolute Gasteiger partial charge is 0.305 e. The number of carbonyl (C=O) groups excluding carboxylic acids is 2. The van der Waals surface area contributed by atoms with Crippen LogP contribution in [-0.2, 0) is 47.5 Å². The summed E-state index contributed by atoms with van der Waals surface area (Å²) in [6, 6.07) is 0. The number of esters is 2. The topological polar surface area (TPSA) is 108 Å². The Kier molecular flexibility index (Phi) is 36.8. The van der Waals surface area contributed by atoms with Crippen molar-refractivity contribution in [1.82, 2.24) is 0 Å². The van der Waals surface area contributed by atoms with Gasteiger partial charge in [0.2, 0.25) is 0 Å². The van der Waals surface area contributed by atoms with Crippen molar-refractivity contribution in [1.29, 1.82) is 0 Å². The van der Waals surface area contributed by atoms with E-state index in [0.29, 0.717) is 92.1 Å². The molecule has 0 N–H and O–H groups in total. The van der Waals surface area contributed by atoms with Gasteiger partial charge in [-0.15, -0.1) is 0 Å². The third-order valence-electron chi connectivity index (χ3n) is 6.81. The van der Waals surface area contributed by atoms with Crippen molar-refractivity contribution >= 4 is 11.9 Å². The molecule has 0 spiro atoms. The molecular formula is C34H66O10. The molecule has 0 fully saturated rings. The Hall–Kier alpha value is -1.30. The van der Waals surface area contributed by atoms with Crippen molar-refractivity contribution in [3.63, 3.8) is 0 Å². The molecule has 0 rings (SSSR count). The van der Waals surface area contributed by atoms with Gasteiger partial charge in [-0.1, -0.05) is 90.9 Å². The SMILES string of the molecule is CCCCCCCCCC(=O)OCCOCCOCCOCCOCCOCCOCCOC(=O)CCCCCCCCC. The van der Waals surface area contributed by atoms with Gasteiger partial charge in [0.1, 0.15) is 13.2 Å². The van der Waals surface area contributed by atoms with Crippen molar-refractivity contribution in [3.05, 3.63) is 0 Å². The van der Waals surface area contributed by atoms with Gasteiger partial charge >= 0.3 is 11.9 Å². The summed E-state index contributed by atoms with van der Waals surface area (Å²) in [6.07, 6.45) is 17.6. The van der Waals surface area contributed by atoms with Crippen LogP contribution in [0, 0.1) is 0 Å². The van der Waals surface area contributed by atoms with Crippen LogP contribution in [-0.4, -0.2) is 104 Å². The van der Waals surface area contributed by atoms with E-state index in [9.17, 15) is 9.59 Å².